The molecule has 0 aliphatic heterocycles. The second-order valence-corrected chi connectivity index (χ2v) is 16.3. The fourth-order valence-electron chi connectivity index (χ4n) is 8.89. The van der Waals surface area contributed by atoms with Crippen LogP contribution in [0.3, 0.4) is 0 Å². The van der Waals surface area contributed by atoms with Gasteiger partial charge >= 0.3 is 0 Å². The molecule has 2 aliphatic carbocycles. The first kappa shape index (κ1) is 43.1. The van der Waals surface area contributed by atoms with E-state index in [1.807, 2.05) is 146 Å². The number of benzene rings is 8. The van der Waals surface area contributed by atoms with E-state index in [0.717, 1.165) is 33.4 Å². The molecule has 8 aromatic rings. The third-order valence-electron chi connectivity index (χ3n) is 12.2. The van der Waals surface area contributed by atoms with Crippen LogP contribution in [-0.4, -0.2) is 10.2 Å². The molecule has 0 saturated carbocycles. The zero-order valence-corrected chi connectivity index (χ0v) is 36.6. The molecule has 0 heterocycles. The van der Waals surface area contributed by atoms with Crippen molar-refractivity contribution < 1.29 is 10.2 Å². The number of rotatable bonds is 10. The molecule has 2 aliphatic rings. The van der Waals surface area contributed by atoms with E-state index in [9.17, 15) is 10.2 Å². The van der Waals surface area contributed by atoms with Crippen molar-refractivity contribution in [2.24, 2.45) is 0 Å². The highest BCUT2D eigenvalue weighted by Gasteiger charge is 2.37. The van der Waals surface area contributed by atoms with Gasteiger partial charge in [-0.15, -0.1) is 0 Å². The lowest BCUT2D eigenvalue weighted by atomic mass is 9.77. The largest absolute Gasteiger partial charge is 0.376 e. The molecule has 0 aromatic heterocycles. The molecule has 316 valence electrons. The summed E-state index contributed by atoms with van der Waals surface area (Å²) in [7, 11) is 0. The van der Waals surface area contributed by atoms with Crippen molar-refractivity contribution >= 4 is 11.1 Å². The van der Waals surface area contributed by atoms with Crippen LogP contribution in [0.2, 0.25) is 0 Å². The second-order valence-electron chi connectivity index (χ2n) is 16.3. The molecule has 2 nitrogen and oxygen atoms in total. The van der Waals surface area contributed by atoms with Crippen molar-refractivity contribution in [1.82, 2.24) is 0 Å². The Labute approximate surface area is 389 Å². The molecule has 0 saturated heterocycles. The fraction of sp³-hybridized carbons (Fsp3) is 0.0312. The van der Waals surface area contributed by atoms with E-state index in [2.05, 4.69) is 146 Å². The molecule has 2 heteroatoms. The zero-order chi connectivity index (χ0) is 45.0. The minimum absolute atomic E-state index is 0.733. The van der Waals surface area contributed by atoms with E-state index in [0.29, 0.717) is 0 Å². The monoisotopic (exact) mass is 850 g/mol. The van der Waals surface area contributed by atoms with Gasteiger partial charge in [-0.05, 0) is 56.6 Å². The Morgan fingerprint density at radius 3 is 0.939 bits per heavy atom. The summed E-state index contributed by atoms with van der Waals surface area (Å²) in [5.41, 5.74) is 10.6. The first-order valence-corrected chi connectivity index (χ1v) is 22.4. The standard InChI is InChI=1S/C32H26O2.C32H24/c33-31(25-13-5-1-6-14-25,26-15-7-2-8-16-26)29-21-23-30(24-22-29)32(34,27-17-9-3-10-18-27)28-19-11-4-12-20-28;1-5-13-25(14-6-1)31(26-15-7-2-8-16-26)29-21-23-30(24-22-29)32(27-17-9-3-10-18-27)28-19-11-4-12-20-28/h1-24,33-34H;1-24H/q;+2. The molecular formula is C64H50O2+2. The lowest BCUT2D eigenvalue weighted by Crippen LogP contribution is -2.31. The highest BCUT2D eigenvalue weighted by atomic mass is 16.3. The predicted molar refractivity (Wildman–Crippen MR) is 273 cm³/mol. The summed E-state index contributed by atoms with van der Waals surface area (Å²) < 4.78 is 0. The van der Waals surface area contributed by atoms with Gasteiger partial charge in [0, 0.05) is 47.4 Å². The Bertz CT molecular complexity index is 2740. The van der Waals surface area contributed by atoms with Crippen LogP contribution in [0.25, 0.3) is 11.1 Å². The molecule has 0 spiro atoms. The molecule has 8 aromatic carbocycles. The molecular weight excluding hydrogens is 801 g/mol. The molecule has 0 bridgehead atoms. The van der Waals surface area contributed by atoms with Gasteiger partial charge < -0.3 is 10.2 Å². The Kier molecular flexibility index (Phi) is 13.2. The van der Waals surface area contributed by atoms with Crippen molar-refractivity contribution in [3.05, 3.63) is 359 Å². The maximum absolute atomic E-state index is 12.1. The van der Waals surface area contributed by atoms with Crippen LogP contribution in [0.5, 0.6) is 0 Å². The molecule has 66 heavy (non-hydrogen) atoms. The Morgan fingerprint density at radius 2 is 0.606 bits per heavy atom. The van der Waals surface area contributed by atoms with Gasteiger partial charge in [0.05, 0.1) is 30.2 Å². The van der Waals surface area contributed by atoms with Crippen molar-refractivity contribution in [1.29, 1.82) is 0 Å². The molecule has 2 N–H and O–H groups in total. The summed E-state index contributed by atoms with van der Waals surface area (Å²) in [5.74, 6) is 1.21. The van der Waals surface area contributed by atoms with E-state index in [-0.39, 0.29) is 0 Å². The maximum atomic E-state index is 12.1. The molecule has 0 radical (unpaired) electrons. The Balaban J connectivity index is 0.000000166. The topological polar surface area (TPSA) is 40.5 Å². The lowest BCUT2D eigenvalue weighted by molar-refractivity contribution is 0.121. The van der Waals surface area contributed by atoms with E-state index in [4.69, 9.17) is 0 Å². The smallest absolute Gasteiger partial charge is 0.154 e. The summed E-state index contributed by atoms with van der Waals surface area (Å²) in [6.07, 6.45) is 19.6. The normalized spacial score (nSPS) is 13.1. The van der Waals surface area contributed by atoms with Gasteiger partial charge in [0.15, 0.2) is 5.57 Å². The SMILES string of the molecule is C1=CC(=C(c2ccccc2)[C+]2C=CC(=C(c3ccccc3)c3ccccc3)C=C2)C=C[CH+]1.OC(c1ccccc1)(c1ccccc1)c1ccc(C(O)(c2ccccc2)c2ccccc2)cc1. The van der Waals surface area contributed by atoms with Gasteiger partial charge in [0.1, 0.15) is 16.8 Å². The highest BCUT2D eigenvalue weighted by Crippen LogP contribution is 2.41. The van der Waals surface area contributed by atoms with Crippen molar-refractivity contribution in [2.45, 2.75) is 11.2 Å². The van der Waals surface area contributed by atoms with Crippen molar-refractivity contribution in [3.63, 3.8) is 0 Å². The van der Waals surface area contributed by atoms with Crippen LogP contribution in [0, 0.1) is 12.3 Å². The molecule has 0 fully saturated rings. The van der Waals surface area contributed by atoms with E-state index in [1.165, 1.54) is 44.9 Å². The zero-order valence-electron chi connectivity index (χ0n) is 36.6. The Hall–Kier alpha value is -8.14. The minimum Gasteiger partial charge on any atom is -0.376 e. The number of hydrogen-bond acceptors (Lipinski definition) is 2. The third kappa shape index (κ3) is 9.11. The highest BCUT2D eigenvalue weighted by molar-refractivity contribution is 5.90. The van der Waals surface area contributed by atoms with Crippen molar-refractivity contribution in [3.8, 4) is 0 Å². The lowest BCUT2D eigenvalue weighted by Gasteiger charge is -2.33. The number of hydrogen-bond donors (Lipinski definition) is 2. The second kappa shape index (κ2) is 20.1. The fourth-order valence-corrected chi connectivity index (χ4v) is 8.89. The summed E-state index contributed by atoms with van der Waals surface area (Å²) in [6.45, 7) is 0. The van der Waals surface area contributed by atoms with Crippen LogP contribution in [0.15, 0.2) is 296 Å². The van der Waals surface area contributed by atoms with Gasteiger partial charge in [-0.2, -0.15) is 0 Å². The van der Waals surface area contributed by atoms with Gasteiger partial charge in [0.2, 0.25) is 0 Å². The number of allylic oxidation sites excluding steroid dienone is 11. The van der Waals surface area contributed by atoms with E-state index in [1.54, 1.807) is 0 Å². The van der Waals surface area contributed by atoms with E-state index >= 15 is 0 Å². The maximum Gasteiger partial charge on any atom is 0.154 e. The molecule has 0 unspecified atom stereocenters. The quantitative estimate of drug-likeness (QED) is 0.106. The van der Waals surface area contributed by atoms with Crippen LogP contribution >= 0.6 is 0 Å². The van der Waals surface area contributed by atoms with Gasteiger partial charge in [0.25, 0.3) is 0 Å². The van der Waals surface area contributed by atoms with Gasteiger partial charge in [-0.1, -0.05) is 224 Å². The van der Waals surface area contributed by atoms with E-state index < -0.39 is 11.2 Å². The molecule has 10 rings (SSSR count). The van der Waals surface area contributed by atoms with Crippen molar-refractivity contribution in [2.75, 3.05) is 0 Å². The first-order valence-electron chi connectivity index (χ1n) is 22.4. The predicted octanol–water partition coefficient (Wildman–Crippen LogP) is 14.2. The average Bonchev–Trinajstić information content (AvgIpc) is 3.41. The molecule has 0 atom stereocenters. The first-order chi connectivity index (χ1) is 32.5. The Morgan fingerprint density at radius 1 is 0.318 bits per heavy atom. The summed E-state index contributed by atoms with van der Waals surface area (Å²) in [5, 5.41) is 24.2. The van der Waals surface area contributed by atoms with Crippen LogP contribution < -0.4 is 0 Å². The summed E-state index contributed by atoms with van der Waals surface area (Å²) in [6, 6.07) is 78.2. The molecule has 0 amide bonds. The minimum atomic E-state index is -1.32. The summed E-state index contributed by atoms with van der Waals surface area (Å²) >= 11 is 0. The van der Waals surface area contributed by atoms with Crippen LogP contribution in [0.1, 0.15) is 50.1 Å². The van der Waals surface area contributed by atoms with Gasteiger partial charge in [-0.3, -0.25) is 0 Å². The summed E-state index contributed by atoms with van der Waals surface area (Å²) in [4.78, 5) is 0. The average molecular weight is 851 g/mol. The number of aliphatic hydroxyl groups is 2. The van der Waals surface area contributed by atoms with Crippen LogP contribution in [0.4, 0.5) is 0 Å². The van der Waals surface area contributed by atoms with Gasteiger partial charge in [-0.25, -0.2) is 0 Å². The van der Waals surface area contributed by atoms with Crippen LogP contribution in [-0.2, 0) is 11.2 Å². The third-order valence-corrected chi connectivity index (χ3v) is 12.2.